The molecule has 3 rings (SSSR count). The van der Waals surface area contributed by atoms with Gasteiger partial charge in [-0.3, -0.25) is 10.1 Å². The zero-order chi connectivity index (χ0) is 18.4. The number of hydrogen-bond donors (Lipinski definition) is 2. The van der Waals surface area contributed by atoms with Crippen molar-refractivity contribution < 1.29 is 9.53 Å². The third kappa shape index (κ3) is 4.89. The molecule has 2 saturated heterocycles. The van der Waals surface area contributed by atoms with Gasteiger partial charge in [0, 0.05) is 31.4 Å². The summed E-state index contributed by atoms with van der Waals surface area (Å²) in [5.74, 6) is 1.52. The molecule has 0 aromatic heterocycles. The highest BCUT2D eigenvalue weighted by Crippen LogP contribution is 2.26. The van der Waals surface area contributed by atoms with Gasteiger partial charge in [-0.15, -0.1) is 0 Å². The minimum absolute atomic E-state index is 0.0814. The van der Waals surface area contributed by atoms with Gasteiger partial charge in [0.15, 0.2) is 6.61 Å². The maximum atomic E-state index is 12.4. The number of aryl methyl sites for hydroxylation is 1. The Balaban J connectivity index is 1.52. The molecule has 0 unspecified atom stereocenters. The van der Waals surface area contributed by atoms with Crippen LogP contribution in [0.2, 0.25) is 0 Å². The predicted molar refractivity (Wildman–Crippen MR) is 104 cm³/mol. The number of anilines is 1. The molecule has 6 heteroatoms. The van der Waals surface area contributed by atoms with Crippen molar-refractivity contribution in [2.45, 2.75) is 32.6 Å². The molecule has 1 amide bonds. The SMILES string of the molecule is Cc1ccc(OCC(=O)N2CCC(CCN)CC2)cc1N1CCCNC1. The Labute approximate surface area is 156 Å². The summed E-state index contributed by atoms with van der Waals surface area (Å²) < 4.78 is 5.82. The van der Waals surface area contributed by atoms with Crippen molar-refractivity contribution in [3.05, 3.63) is 23.8 Å². The van der Waals surface area contributed by atoms with Crippen LogP contribution >= 0.6 is 0 Å². The summed E-state index contributed by atoms with van der Waals surface area (Å²) in [6.45, 7) is 7.60. The number of amides is 1. The molecule has 2 aliphatic rings. The summed E-state index contributed by atoms with van der Waals surface area (Å²) in [5.41, 5.74) is 8.05. The lowest BCUT2D eigenvalue weighted by Crippen LogP contribution is -2.42. The summed E-state index contributed by atoms with van der Waals surface area (Å²) in [5, 5.41) is 3.40. The molecule has 26 heavy (non-hydrogen) atoms. The second-order valence-corrected chi connectivity index (χ2v) is 7.41. The van der Waals surface area contributed by atoms with Crippen molar-refractivity contribution >= 4 is 11.6 Å². The average Bonchev–Trinajstić information content (AvgIpc) is 2.68. The van der Waals surface area contributed by atoms with Crippen LogP contribution in [0.3, 0.4) is 0 Å². The standard InChI is InChI=1S/C20H32N4O2/c1-16-3-4-18(13-19(16)24-10-2-9-22-15-24)26-14-20(25)23-11-6-17(5-8-21)7-12-23/h3-4,13,17,22H,2,5-12,14-15,21H2,1H3. The fraction of sp³-hybridized carbons (Fsp3) is 0.650. The largest absolute Gasteiger partial charge is 0.484 e. The molecule has 3 N–H and O–H groups in total. The summed E-state index contributed by atoms with van der Waals surface area (Å²) in [6.07, 6.45) is 4.32. The van der Waals surface area contributed by atoms with Crippen LogP contribution in [0.25, 0.3) is 0 Å². The van der Waals surface area contributed by atoms with Crippen LogP contribution in [0.4, 0.5) is 5.69 Å². The number of rotatable bonds is 6. The Bertz CT molecular complexity index is 593. The van der Waals surface area contributed by atoms with E-state index in [9.17, 15) is 4.79 Å². The maximum absolute atomic E-state index is 12.4. The fourth-order valence-electron chi connectivity index (χ4n) is 3.86. The molecule has 6 nitrogen and oxygen atoms in total. The molecule has 1 aromatic carbocycles. The Kier molecular flexibility index (Phi) is 6.74. The number of benzene rings is 1. The van der Waals surface area contributed by atoms with Crippen molar-refractivity contribution in [1.29, 1.82) is 0 Å². The Morgan fingerprint density at radius 2 is 2.12 bits per heavy atom. The van der Waals surface area contributed by atoms with E-state index in [1.165, 1.54) is 11.3 Å². The number of likely N-dealkylation sites (tertiary alicyclic amines) is 1. The first-order chi connectivity index (χ1) is 12.7. The number of nitrogens with two attached hydrogens (primary N) is 1. The van der Waals surface area contributed by atoms with E-state index < -0.39 is 0 Å². The van der Waals surface area contributed by atoms with Crippen molar-refractivity contribution in [2.24, 2.45) is 11.7 Å². The molecule has 0 atom stereocenters. The third-order valence-corrected chi connectivity index (χ3v) is 5.51. The highest BCUT2D eigenvalue weighted by molar-refractivity contribution is 5.78. The van der Waals surface area contributed by atoms with Crippen molar-refractivity contribution in [3.63, 3.8) is 0 Å². The average molecular weight is 361 g/mol. The van der Waals surface area contributed by atoms with E-state index >= 15 is 0 Å². The number of nitrogens with zero attached hydrogens (tertiary/aromatic N) is 2. The first-order valence-corrected chi connectivity index (χ1v) is 9.84. The summed E-state index contributed by atoms with van der Waals surface area (Å²) in [7, 11) is 0. The maximum Gasteiger partial charge on any atom is 0.260 e. The van der Waals surface area contributed by atoms with Crippen LogP contribution < -0.4 is 20.7 Å². The molecular weight excluding hydrogens is 328 g/mol. The zero-order valence-corrected chi connectivity index (χ0v) is 15.9. The van der Waals surface area contributed by atoms with Gasteiger partial charge < -0.3 is 20.3 Å². The van der Waals surface area contributed by atoms with Crippen LogP contribution in [0, 0.1) is 12.8 Å². The quantitative estimate of drug-likeness (QED) is 0.808. The Morgan fingerprint density at radius 3 is 2.81 bits per heavy atom. The number of carbonyl (C=O) groups is 1. The first-order valence-electron chi connectivity index (χ1n) is 9.84. The molecule has 0 radical (unpaired) electrons. The van der Waals surface area contributed by atoms with Crippen LogP contribution in [0.5, 0.6) is 5.75 Å². The molecule has 0 spiro atoms. The number of carbonyl (C=O) groups excluding carboxylic acids is 1. The van der Waals surface area contributed by atoms with E-state index in [1.54, 1.807) is 0 Å². The number of piperidine rings is 1. The summed E-state index contributed by atoms with van der Waals surface area (Å²) >= 11 is 0. The van der Waals surface area contributed by atoms with Gasteiger partial charge in [-0.2, -0.15) is 0 Å². The predicted octanol–water partition coefficient (Wildman–Crippen LogP) is 1.72. The lowest BCUT2D eigenvalue weighted by Gasteiger charge is -2.32. The molecule has 2 fully saturated rings. The van der Waals surface area contributed by atoms with Gasteiger partial charge in [-0.25, -0.2) is 0 Å². The van der Waals surface area contributed by atoms with Crippen molar-refractivity contribution in [1.82, 2.24) is 10.2 Å². The van der Waals surface area contributed by atoms with Gasteiger partial charge >= 0.3 is 0 Å². The fourth-order valence-corrected chi connectivity index (χ4v) is 3.86. The molecule has 2 heterocycles. The highest BCUT2D eigenvalue weighted by atomic mass is 16.5. The smallest absolute Gasteiger partial charge is 0.260 e. The van der Waals surface area contributed by atoms with Crippen molar-refractivity contribution in [3.8, 4) is 5.75 Å². The molecule has 2 aliphatic heterocycles. The zero-order valence-electron chi connectivity index (χ0n) is 15.9. The van der Waals surface area contributed by atoms with E-state index in [4.69, 9.17) is 10.5 Å². The lowest BCUT2D eigenvalue weighted by molar-refractivity contribution is -0.134. The number of nitrogens with one attached hydrogen (secondary N) is 1. The van der Waals surface area contributed by atoms with Gasteiger partial charge in [0.1, 0.15) is 5.75 Å². The molecule has 0 saturated carbocycles. The van der Waals surface area contributed by atoms with Gasteiger partial charge in [0.25, 0.3) is 5.91 Å². The van der Waals surface area contributed by atoms with Gasteiger partial charge in [-0.05, 0) is 63.2 Å². The third-order valence-electron chi connectivity index (χ3n) is 5.51. The molecule has 0 bridgehead atoms. The van der Waals surface area contributed by atoms with E-state index in [2.05, 4.69) is 29.3 Å². The minimum atomic E-state index is 0.0814. The van der Waals surface area contributed by atoms with Gasteiger partial charge in [-0.1, -0.05) is 6.07 Å². The normalized spacial score (nSPS) is 18.8. The molecular formula is C20H32N4O2. The van der Waals surface area contributed by atoms with Gasteiger partial charge in [0.05, 0.1) is 6.67 Å². The number of hydrogen-bond acceptors (Lipinski definition) is 5. The second-order valence-electron chi connectivity index (χ2n) is 7.41. The van der Waals surface area contributed by atoms with Crippen LogP contribution in [-0.2, 0) is 4.79 Å². The van der Waals surface area contributed by atoms with Gasteiger partial charge in [0.2, 0.25) is 0 Å². The van der Waals surface area contributed by atoms with E-state index in [0.717, 1.165) is 70.8 Å². The minimum Gasteiger partial charge on any atom is -0.484 e. The van der Waals surface area contributed by atoms with E-state index in [0.29, 0.717) is 5.92 Å². The van der Waals surface area contributed by atoms with E-state index in [1.807, 2.05) is 11.0 Å². The second kappa shape index (κ2) is 9.24. The Hall–Kier alpha value is -1.79. The molecule has 1 aromatic rings. The summed E-state index contributed by atoms with van der Waals surface area (Å²) in [6, 6.07) is 6.09. The molecule has 0 aliphatic carbocycles. The number of ether oxygens (including phenoxy) is 1. The van der Waals surface area contributed by atoms with Crippen LogP contribution in [0.15, 0.2) is 18.2 Å². The highest BCUT2D eigenvalue weighted by Gasteiger charge is 2.22. The van der Waals surface area contributed by atoms with Crippen LogP contribution in [-0.4, -0.2) is 56.8 Å². The molecule has 144 valence electrons. The van der Waals surface area contributed by atoms with Crippen molar-refractivity contribution in [2.75, 3.05) is 50.9 Å². The topological polar surface area (TPSA) is 70.8 Å². The van der Waals surface area contributed by atoms with Crippen LogP contribution in [0.1, 0.15) is 31.2 Å². The first kappa shape index (κ1) is 19.0. The monoisotopic (exact) mass is 360 g/mol. The van der Waals surface area contributed by atoms with E-state index in [-0.39, 0.29) is 12.5 Å². The Morgan fingerprint density at radius 1 is 1.31 bits per heavy atom. The lowest BCUT2D eigenvalue weighted by atomic mass is 9.94. The summed E-state index contributed by atoms with van der Waals surface area (Å²) in [4.78, 5) is 16.7.